The minimum Gasteiger partial charge on any atom is -0.299 e. The van der Waals surface area contributed by atoms with Gasteiger partial charge in [-0.1, -0.05) is 24.8 Å². The van der Waals surface area contributed by atoms with Gasteiger partial charge in [-0.05, 0) is 43.9 Å². The Kier molecular flexibility index (Phi) is 4.29. The van der Waals surface area contributed by atoms with Crippen LogP contribution in [-0.4, -0.2) is 21.8 Å². The van der Waals surface area contributed by atoms with Crippen LogP contribution in [0.4, 0.5) is 0 Å². The lowest BCUT2D eigenvalue weighted by atomic mass is 10.2. The van der Waals surface area contributed by atoms with Crippen molar-refractivity contribution in [3.8, 4) is 0 Å². The van der Waals surface area contributed by atoms with E-state index in [9.17, 15) is 0 Å². The molecule has 0 radical (unpaired) electrons. The van der Waals surface area contributed by atoms with E-state index < -0.39 is 0 Å². The first-order valence-electron chi connectivity index (χ1n) is 6.69. The van der Waals surface area contributed by atoms with Crippen molar-refractivity contribution in [1.29, 1.82) is 0 Å². The monoisotopic (exact) mass is 289 g/mol. The molecule has 1 aromatic heterocycles. The van der Waals surface area contributed by atoms with Gasteiger partial charge in [0.15, 0.2) is 0 Å². The van der Waals surface area contributed by atoms with Crippen LogP contribution in [0, 0.1) is 0 Å². The van der Waals surface area contributed by atoms with Gasteiger partial charge in [-0.15, -0.1) is 0 Å². The predicted molar refractivity (Wildman–Crippen MR) is 87.2 cm³/mol. The van der Waals surface area contributed by atoms with E-state index in [1.165, 1.54) is 12.8 Å². The Balaban J connectivity index is 2.54. The van der Waals surface area contributed by atoms with Gasteiger partial charge in [-0.3, -0.25) is 9.56 Å². The maximum absolute atomic E-state index is 6.04. The molecule has 1 heterocycles. The number of imidazole rings is 1. The summed E-state index contributed by atoms with van der Waals surface area (Å²) >= 11 is 6.04. The van der Waals surface area contributed by atoms with Gasteiger partial charge in [0.25, 0.3) is 0 Å². The van der Waals surface area contributed by atoms with Gasteiger partial charge in [0, 0.05) is 19.2 Å². The predicted octanol–water partition coefficient (Wildman–Crippen LogP) is 4.48. The first-order chi connectivity index (χ1) is 9.43. The minimum atomic E-state index is 0.442. The van der Waals surface area contributed by atoms with Crippen LogP contribution in [-0.2, 0) is 0 Å². The lowest BCUT2D eigenvalue weighted by Crippen LogP contribution is -2.03. The van der Waals surface area contributed by atoms with Crippen LogP contribution < -0.4 is 0 Å². The van der Waals surface area contributed by atoms with Gasteiger partial charge in [0.1, 0.15) is 11.0 Å². The Bertz CT molecular complexity index is 616. The Labute approximate surface area is 125 Å². The van der Waals surface area contributed by atoms with Gasteiger partial charge >= 0.3 is 0 Å². The molecule has 0 aromatic carbocycles. The Morgan fingerprint density at radius 3 is 2.55 bits per heavy atom. The standard InChI is InChI=1S/C16H20ClN3/c1-10(2)14(8-15(17)18-5)20-9-13(12-6-7-12)19-16(20)11(3)4/h8-9,12H,1,3,6-7H2,2,4-5H3/b14-8+,18-15?. The third kappa shape index (κ3) is 3.10. The molecule has 0 atom stereocenters. The van der Waals surface area contributed by atoms with Gasteiger partial charge in [-0.25, -0.2) is 4.98 Å². The lowest BCUT2D eigenvalue weighted by Gasteiger charge is -2.11. The average molecular weight is 290 g/mol. The summed E-state index contributed by atoms with van der Waals surface area (Å²) in [4.78, 5) is 8.68. The third-order valence-corrected chi connectivity index (χ3v) is 3.55. The molecule has 1 saturated carbocycles. The number of rotatable bonds is 5. The summed E-state index contributed by atoms with van der Waals surface area (Å²) < 4.78 is 2.02. The molecule has 20 heavy (non-hydrogen) atoms. The van der Waals surface area contributed by atoms with Crippen LogP contribution in [0.2, 0.25) is 0 Å². The fraction of sp³-hybridized carbons (Fsp3) is 0.375. The first kappa shape index (κ1) is 14.8. The minimum absolute atomic E-state index is 0.442. The summed E-state index contributed by atoms with van der Waals surface area (Å²) in [5.74, 6) is 1.46. The Hall–Kier alpha value is -1.61. The quantitative estimate of drug-likeness (QED) is 0.581. The van der Waals surface area contributed by atoms with Crippen LogP contribution in [0.15, 0.2) is 36.0 Å². The summed E-state index contributed by atoms with van der Waals surface area (Å²) in [5.41, 5.74) is 3.86. The van der Waals surface area contributed by atoms with Crippen molar-refractivity contribution >= 4 is 28.0 Å². The van der Waals surface area contributed by atoms with Gasteiger partial charge < -0.3 is 0 Å². The highest BCUT2D eigenvalue weighted by atomic mass is 35.5. The molecular formula is C16H20ClN3. The van der Waals surface area contributed by atoms with Crippen LogP contribution in [0.25, 0.3) is 11.3 Å². The SMILES string of the molecule is C=C(C)/C(=C\C(Cl)=NC)n1cc(C2CC2)nc1C(=C)C. The zero-order valence-corrected chi connectivity index (χ0v) is 13.0. The van der Waals surface area contributed by atoms with E-state index >= 15 is 0 Å². The molecule has 106 valence electrons. The van der Waals surface area contributed by atoms with Crippen molar-refractivity contribution in [2.45, 2.75) is 32.6 Å². The molecule has 3 nitrogen and oxygen atoms in total. The van der Waals surface area contributed by atoms with E-state index in [-0.39, 0.29) is 0 Å². The molecule has 1 fully saturated rings. The van der Waals surface area contributed by atoms with Crippen LogP contribution in [0.3, 0.4) is 0 Å². The molecule has 0 unspecified atom stereocenters. The van der Waals surface area contributed by atoms with E-state index in [2.05, 4.69) is 24.3 Å². The highest BCUT2D eigenvalue weighted by molar-refractivity contribution is 6.68. The molecule has 2 rings (SSSR count). The fourth-order valence-corrected chi connectivity index (χ4v) is 2.14. The van der Waals surface area contributed by atoms with E-state index in [1.807, 2.05) is 24.5 Å². The van der Waals surface area contributed by atoms with Crippen molar-refractivity contribution in [2.24, 2.45) is 4.99 Å². The number of aliphatic imine (C=N–C) groups is 1. The zero-order valence-electron chi connectivity index (χ0n) is 12.3. The molecule has 0 saturated heterocycles. The maximum Gasteiger partial charge on any atom is 0.139 e. The van der Waals surface area contributed by atoms with Crippen molar-refractivity contribution in [3.63, 3.8) is 0 Å². The summed E-state index contributed by atoms with van der Waals surface area (Å²) in [6.07, 6.45) is 6.32. The second-order valence-corrected chi connectivity index (χ2v) is 5.66. The van der Waals surface area contributed by atoms with Crippen molar-refractivity contribution < 1.29 is 0 Å². The molecule has 0 spiro atoms. The third-order valence-electron chi connectivity index (χ3n) is 3.27. The molecular weight excluding hydrogens is 270 g/mol. The number of aromatic nitrogens is 2. The number of nitrogens with zero attached hydrogens (tertiary/aromatic N) is 3. The van der Waals surface area contributed by atoms with Crippen molar-refractivity contribution in [1.82, 2.24) is 9.55 Å². The molecule has 0 bridgehead atoms. The smallest absolute Gasteiger partial charge is 0.139 e. The maximum atomic E-state index is 6.04. The summed E-state index contributed by atoms with van der Waals surface area (Å²) in [5, 5.41) is 0.442. The molecule has 1 aliphatic rings. The highest BCUT2D eigenvalue weighted by Gasteiger charge is 2.27. The zero-order chi connectivity index (χ0) is 14.9. The topological polar surface area (TPSA) is 30.2 Å². The van der Waals surface area contributed by atoms with Crippen LogP contribution in [0.1, 0.15) is 44.1 Å². The summed E-state index contributed by atoms with van der Waals surface area (Å²) in [6, 6.07) is 0. The normalized spacial score (nSPS) is 16.4. The van der Waals surface area contributed by atoms with E-state index in [0.29, 0.717) is 11.1 Å². The summed E-state index contributed by atoms with van der Waals surface area (Å²) in [7, 11) is 1.66. The first-order valence-corrected chi connectivity index (χ1v) is 7.07. The number of halogens is 1. The number of hydrogen-bond donors (Lipinski definition) is 0. The highest BCUT2D eigenvalue weighted by Crippen LogP contribution is 2.40. The van der Waals surface area contributed by atoms with Gasteiger partial charge in [-0.2, -0.15) is 0 Å². The molecule has 1 aromatic rings. The molecule has 0 amide bonds. The summed E-state index contributed by atoms with van der Waals surface area (Å²) in [6.45, 7) is 12.0. The van der Waals surface area contributed by atoms with Gasteiger partial charge in [0.05, 0.1) is 11.4 Å². The Morgan fingerprint density at radius 2 is 2.10 bits per heavy atom. The molecule has 4 heteroatoms. The lowest BCUT2D eigenvalue weighted by molar-refractivity contribution is 1.04. The second kappa shape index (κ2) is 5.80. The number of hydrogen-bond acceptors (Lipinski definition) is 2. The fourth-order valence-electron chi connectivity index (χ4n) is 2.03. The van der Waals surface area contributed by atoms with Crippen molar-refractivity contribution in [3.05, 3.63) is 42.5 Å². The van der Waals surface area contributed by atoms with Gasteiger partial charge in [0.2, 0.25) is 0 Å². The molecule has 1 aliphatic carbocycles. The second-order valence-electron chi connectivity index (χ2n) is 5.27. The van der Waals surface area contributed by atoms with E-state index in [4.69, 9.17) is 16.6 Å². The Morgan fingerprint density at radius 1 is 1.45 bits per heavy atom. The van der Waals surface area contributed by atoms with Crippen molar-refractivity contribution in [2.75, 3.05) is 7.05 Å². The number of allylic oxidation sites excluding steroid dienone is 4. The largest absolute Gasteiger partial charge is 0.299 e. The van der Waals surface area contributed by atoms with E-state index in [1.54, 1.807) is 7.05 Å². The molecule has 0 N–H and O–H groups in total. The van der Waals surface area contributed by atoms with Crippen LogP contribution in [0.5, 0.6) is 0 Å². The van der Waals surface area contributed by atoms with Crippen LogP contribution >= 0.6 is 11.6 Å². The average Bonchev–Trinajstić information content (AvgIpc) is 3.14. The van der Waals surface area contributed by atoms with E-state index in [0.717, 1.165) is 28.4 Å². The molecule has 0 aliphatic heterocycles.